The van der Waals surface area contributed by atoms with Gasteiger partial charge in [-0.15, -0.1) is 0 Å². The molecular weight excluding hydrogens is 188 g/mol. The molecular formula is C12H12N2O. The first-order valence-electron chi connectivity index (χ1n) is 4.74. The van der Waals surface area contributed by atoms with Gasteiger partial charge in [0.15, 0.2) is 0 Å². The largest absolute Gasteiger partial charge is 0.467 e. The Bertz CT molecular complexity index is 432. The van der Waals surface area contributed by atoms with Gasteiger partial charge >= 0.3 is 0 Å². The van der Waals surface area contributed by atoms with Crippen LogP contribution in [0.1, 0.15) is 11.3 Å². The smallest absolute Gasteiger partial charge is 0.126 e. The van der Waals surface area contributed by atoms with Gasteiger partial charge < -0.3 is 10.2 Å². The summed E-state index contributed by atoms with van der Waals surface area (Å²) < 4.78 is 5.16. The van der Waals surface area contributed by atoms with E-state index in [0.29, 0.717) is 12.4 Å². The highest BCUT2D eigenvalue weighted by atomic mass is 16.3. The average Bonchev–Trinajstić information content (AvgIpc) is 2.80. The number of benzene rings is 1. The molecule has 76 valence electrons. The Morgan fingerprint density at radius 3 is 2.60 bits per heavy atom. The molecule has 2 N–H and O–H groups in total. The topological polar surface area (TPSA) is 51.5 Å². The summed E-state index contributed by atoms with van der Waals surface area (Å²) in [7, 11) is 0. The van der Waals surface area contributed by atoms with Crippen LogP contribution in [0.25, 0.3) is 0 Å². The zero-order chi connectivity index (χ0) is 10.5. The normalized spacial score (nSPS) is 11.6. The van der Waals surface area contributed by atoms with Gasteiger partial charge in [-0.1, -0.05) is 30.3 Å². The molecule has 0 fully saturated rings. The molecule has 0 aliphatic carbocycles. The van der Waals surface area contributed by atoms with Crippen LogP contribution in [0.3, 0.4) is 0 Å². The minimum atomic E-state index is 0.480. The summed E-state index contributed by atoms with van der Waals surface area (Å²) in [5.74, 6) is 1.35. The van der Waals surface area contributed by atoms with Crippen LogP contribution in [0.15, 0.2) is 58.1 Å². The van der Waals surface area contributed by atoms with Gasteiger partial charge in [-0.2, -0.15) is 0 Å². The van der Waals surface area contributed by atoms with Crippen LogP contribution in [0.5, 0.6) is 0 Å². The summed E-state index contributed by atoms with van der Waals surface area (Å²) >= 11 is 0. The Labute approximate surface area is 88.2 Å². The van der Waals surface area contributed by atoms with Crippen LogP contribution in [0.4, 0.5) is 0 Å². The zero-order valence-electron chi connectivity index (χ0n) is 8.26. The highest BCUT2D eigenvalue weighted by Gasteiger charge is 1.97. The molecule has 0 saturated heterocycles. The van der Waals surface area contributed by atoms with E-state index in [-0.39, 0.29) is 0 Å². The predicted octanol–water partition coefficient (Wildman–Crippen LogP) is 2.19. The highest BCUT2D eigenvalue weighted by Crippen LogP contribution is 2.03. The van der Waals surface area contributed by atoms with Gasteiger partial charge in [-0.3, -0.25) is 4.99 Å². The molecule has 0 spiro atoms. The molecule has 0 saturated carbocycles. The first-order chi connectivity index (χ1) is 7.36. The van der Waals surface area contributed by atoms with Gasteiger partial charge in [-0.25, -0.2) is 0 Å². The van der Waals surface area contributed by atoms with Crippen molar-refractivity contribution in [1.29, 1.82) is 0 Å². The fourth-order valence-electron chi connectivity index (χ4n) is 1.27. The number of rotatable bonds is 3. The van der Waals surface area contributed by atoms with Crippen molar-refractivity contribution < 1.29 is 4.42 Å². The summed E-state index contributed by atoms with van der Waals surface area (Å²) in [4.78, 5) is 4.24. The molecule has 15 heavy (non-hydrogen) atoms. The van der Waals surface area contributed by atoms with E-state index in [4.69, 9.17) is 10.2 Å². The summed E-state index contributed by atoms with van der Waals surface area (Å²) in [6.07, 6.45) is 1.63. The summed E-state index contributed by atoms with van der Waals surface area (Å²) in [6.45, 7) is 0.480. The molecule has 0 radical (unpaired) electrons. The van der Waals surface area contributed by atoms with Crippen LogP contribution >= 0.6 is 0 Å². The maximum Gasteiger partial charge on any atom is 0.126 e. The van der Waals surface area contributed by atoms with Crippen LogP contribution in [-0.4, -0.2) is 5.84 Å². The van der Waals surface area contributed by atoms with E-state index < -0.39 is 0 Å². The van der Waals surface area contributed by atoms with Gasteiger partial charge in [-0.05, 0) is 12.1 Å². The molecule has 1 heterocycles. The fourth-order valence-corrected chi connectivity index (χ4v) is 1.27. The summed E-state index contributed by atoms with van der Waals surface area (Å²) in [5, 5.41) is 0. The van der Waals surface area contributed by atoms with Gasteiger partial charge in [0.1, 0.15) is 11.6 Å². The highest BCUT2D eigenvalue weighted by molar-refractivity contribution is 5.97. The van der Waals surface area contributed by atoms with Crippen molar-refractivity contribution in [3.8, 4) is 0 Å². The Hall–Kier alpha value is -2.03. The molecule has 3 nitrogen and oxygen atoms in total. The first-order valence-corrected chi connectivity index (χ1v) is 4.74. The lowest BCUT2D eigenvalue weighted by molar-refractivity contribution is 0.513. The summed E-state index contributed by atoms with van der Waals surface area (Å²) in [6, 6.07) is 13.4. The van der Waals surface area contributed by atoms with E-state index in [9.17, 15) is 0 Å². The zero-order valence-corrected chi connectivity index (χ0v) is 8.26. The van der Waals surface area contributed by atoms with Crippen molar-refractivity contribution in [3.63, 3.8) is 0 Å². The van der Waals surface area contributed by atoms with Crippen molar-refractivity contribution in [2.45, 2.75) is 6.54 Å². The van der Waals surface area contributed by atoms with Crippen LogP contribution in [0.2, 0.25) is 0 Å². The third kappa shape index (κ3) is 2.47. The Morgan fingerprint density at radius 1 is 1.13 bits per heavy atom. The second kappa shape index (κ2) is 4.46. The number of aliphatic imine (C=N–C) groups is 1. The summed E-state index contributed by atoms with van der Waals surface area (Å²) in [5.41, 5.74) is 6.75. The maximum atomic E-state index is 5.82. The van der Waals surface area contributed by atoms with Crippen molar-refractivity contribution in [2.75, 3.05) is 0 Å². The first kappa shape index (κ1) is 9.52. The van der Waals surface area contributed by atoms with E-state index in [1.807, 2.05) is 42.5 Å². The van der Waals surface area contributed by atoms with E-state index >= 15 is 0 Å². The standard InChI is InChI=1S/C12H12N2O/c13-12(10-5-2-1-3-6-10)14-9-11-7-4-8-15-11/h1-8H,9H2,(H2,13,14). The lowest BCUT2D eigenvalue weighted by Crippen LogP contribution is -2.13. The second-order valence-corrected chi connectivity index (χ2v) is 3.15. The Balaban J connectivity index is 2.08. The molecule has 0 bridgehead atoms. The second-order valence-electron chi connectivity index (χ2n) is 3.15. The number of amidine groups is 1. The lowest BCUT2D eigenvalue weighted by atomic mass is 10.2. The van der Waals surface area contributed by atoms with Crippen molar-refractivity contribution in [1.82, 2.24) is 0 Å². The lowest BCUT2D eigenvalue weighted by Gasteiger charge is -1.99. The molecule has 0 atom stereocenters. The van der Waals surface area contributed by atoms with Gasteiger partial charge in [0.25, 0.3) is 0 Å². The quantitative estimate of drug-likeness (QED) is 0.610. The minimum Gasteiger partial charge on any atom is -0.467 e. The molecule has 1 aromatic carbocycles. The van der Waals surface area contributed by atoms with Crippen LogP contribution in [0, 0.1) is 0 Å². The molecule has 0 amide bonds. The van der Waals surface area contributed by atoms with E-state index in [1.54, 1.807) is 6.26 Å². The molecule has 0 aliphatic rings. The van der Waals surface area contributed by atoms with E-state index in [0.717, 1.165) is 11.3 Å². The van der Waals surface area contributed by atoms with Crippen molar-refractivity contribution in [3.05, 3.63) is 60.1 Å². The van der Waals surface area contributed by atoms with E-state index in [1.165, 1.54) is 0 Å². The van der Waals surface area contributed by atoms with Gasteiger partial charge in [0.05, 0.1) is 12.8 Å². The Morgan fingerprint density at radius 2 is 1.93 bits per heavy atom. The third-order valence-electron chi connectivity index (χ3n) is 2.05. The molecule has 0 unspecified atom stereocenters. The molecule has 2 rings (SSSR count). The maximum absolute atomic E-state index is 5.82. The molecule has 1 aromatic heterocycles. The van der Waals surface area contributed by atoms with Crippen molar-refractivity contribution >= 4 is 5.84 Å². The third-order valence-corrected chi connectivity index (χ3v) is 2.05. The Kier molecular flexibility index (Phi) is 2.83. The number of nitrogens with zero attached hydrogens (tertiary/aromatic N) is 1. The van der Waals surface area contributed by atoms with E-state index in [2.05, 4.69) is 4.99 Å². The number of hydrogen-bond acceptors (Lipinski definition) is 2. The molecule has 0 aliphatic heterocycles. The number of nitrogens with two attached hydrogens (primary N) is 1. The number of furan rings is 1. The average molecular weight is 200 g/mol. The monoisotopic (exact) mass is 200 g/mol. The predicted molar refractivity (Wildman–Crippen MR) is 59.6 cm³/mol. The van der Waals surface area contributed by atoms with Gasteiger partial charge in [0.2, 0.25) is 0 Å². The molecule has 2 aromatic rings. The number of hydrogen-bond donors (Lipinski definition) is 1. The molecule has 3 heteroatoms. The van der Waals surface area contributed by atoms with Crippen molar-refractivity contribution in [2.24, 2.45) is 10.7 Å². The van der Waals surface area contributed by atoms with Crippen LogP contribution in [-0.2, 0) is 6.54 Å². The minimum absolute atomic E-state index is 0.480. The van der Waals surface area contributed by atoms with Crippen LogP contribution < -0.4 is 5.73 Å². The fraction of sp³-hybridized carbons (Fsp3) is 0.0833. The van der Waals surface area contributed by atoms with Gasteiger partial charge in [0, 0.05) is 5.56 Å². The SMILES string of the molecule is NC(=NCc1ccco1)c1ccccc1.